The molecule has 0 radical (unpaired) electrons. The van der Waals surface area contributed by atoms with Gasteiger partial charge in [0.25, 0.3) is 0 Å². The first-order valence-electron chi connectivity index (χ1n) is 17.4. The zero-order chi connectivity index (χ0) is 27.2. The van der Waals surface area contributed by atoms with Gasteiger partial charge in [0.15, 0.2) is 0 Å². The molecule has 0 spiro atoms. The first-order valence-corrected chi connectivity index (χ1v) is 17.4. The molecule has 0 bridgehead atoms. The minimum atomic E-state index is 0.913. The van der Waals surface area contributed by atoms with Crippen LogP contribution in [-0.4, -0.2) is 0 Å². The molecular weight excluding hydrogens is 432 g/mol. The van der Waals surface area contributed by atoms with Gasteiger partial charge in [0.1, 0.15) is 0 Å². The van der Waals surface area contributed by atoms with E-state index in [2.05, 4.69) is 62.3 Å². The van der Waals surface area contributed by atoms with Gasteiger partial charge < -0.3 is 0 Å². The summed E-state index contributed by atoms with van der Waals surface area (Å²) >= 11 is 0. The average Bonchev–Trinajstić information content (AvgIpc) is 2.91. The molecule has 0 heterocycles. The van der Waals surface area contributed by atoms with E-state index in [1.54, 1.807) is 0 Å². The van der Waals surface area contributed by atoms with Crippen molar-refractivity contribution in [1.29, 1.82) is 0 Å². The quantitative estimate of drug-likeness (QED) is 0.109. The van der Waals surface area contributed by atoms with Crippen LogP contribution in [0.25, 0.3) is 0 Å². The normalized spacial score (nSPS) is 16.4. The van der Waals surface area contributed by atoms with Gasteiger partial charge >= 0.3 is 0 Å². The minimum absolute atomic E-state index is 0.913. The molecule has 0 aliphatic heterocycles. The molecule has 0 aromatic carbocycles. The second-order valence-electron chi connectivity index (χ2n) is 13.0. The molecule has 0 saturated carbocycles. The highest BCUT2D eigenvalue weighted by molar-refractivity contribution is 4.71. The van der Waals surface area contributed by atoms with Crippen molar-refractivity contribution in [1.82, 2.24) is 0 Å². The van der Waals surface area contributed by atoms with Crippen LogP contribution in [0.4, 0.5) is 0 Å². The Morgan fingerprint density at radius 3 is 0.722 bits per heavy atom. The molecule has 0 aliphatic rings. The third-order valence-corrected chi connectivity index (χ3v) is 10.7. The van der Waals surface area contributed by atoms with Crippen LogP contribution in [0.15, 0.2) is 0 Å². The second kappa shape index (κ2) is 24.1. The Morgan fingerprint density at radius 2 is 0.472 bits per heavy atom. The van der Waals surface area contributed by atoms with E-state index >= 15 is 0 Å². The van der Waals surface area contributed by atoms with Gasteiger partial charge in [0, 0.05) is 0 Å². The second-order valence-corrected chi connectivity index (χ2v) is 13.0. The van der Waals surface area contributed by atoms with Crippen LogP contribution in [-0.2, 0) is 0 Å². The Bertz CT molecular complexity index is 403. The van der Waals surface area contributed by atoms with Gasteiger partial charge in [-0.15, -0.1) is 0 Å². The Balaban J connectivity index is 4.96. The van der Waals surface area contributed by atoms with Gasteiger partial charge in [-0.1, -0.05) is 191 Å². The molecule has 0 aromatic rings. The third kappa shape index (κ3) is 17.5. The number of rotatable bonds is 26. The largest absolute Gasteiger partial charge is 0.0651 e. The van der Waals surface area contributed by atoms with Crippen molar-refractivity contribution in [2.45, 2.75) is 191 Å². The minimum Gasteiger partial charge on any atom is -0.0651 e. The molecule has 0 N–H and O–H groups in total. The summed E-state index contributed by atoms with van der Waals surface area (Å²) in [7, 11) is 0. The summed E-state index contributed by atoms with van der Waals surface area (Å²) in [6.07, 6.45) is 28.9. The summed E-state index contributed by atoms with van der Waals surface area (Å²) in [5.41, 5.74) is 0. The van der Waals surface area contributed by atoms with Crippen LogP contribution in [0.3, 0.4) is 0 Å². The van der Waals surface area contributed by atoms with E-state index in [-0.39, 0.29) is 0 Å². The van der Waals surface area contributed by atoms with Crippen LogP contribution in [0.2, 0.25) is 0 Å². The molecule has 0 saturated heterocycles. The maximum Gasteiger partial charge on any atom is -0.0414 e. The maximum atomic E-state index is 2.46. The fraction of sp³-hybridized carbons (Fsp3) is 1.00. The van der Waals surface area contributed by atoms with Crippen molar-refractivity contribution in [3.05, 3.63) is 0 Å². The zero-order valence-electron chi connectivity index (χ0n) is 27.2. The van der Waals surface area contributed by atoms with E-state index < -0.39 is 0 Å². The van der Waals surface area contributed by atoms with Gasteiger partial charge in [0.2, 0.25) is 0 Å². The van der Waals surface area contributed by atoms with Crippen molar-refractivity contribution < 1.29 is 0 Å². The third-order valence-electron chi connectivity index (χ3n) is 10.7. The summed E-state index contributed by atoms with van der Waals surface area (Å²) < 4.78 is 0. The highest BCUT2D eigenvalue weighted by Crippen LogP contribution is 2.33. The summed E-state index contributed by atoms with van der Waals surface area (Å²) in [5, 5.41) is 0. The highest BCUT2D eigenvalue weighted by atomic mass is 14.2. The highest BCUT2D eigenvalue weighted by Gasteiger charge is 2.19. The van der Waals surface area contributed by atoms with Crippen LogP contribution in [0.1, 0.15) is 191 Å². The van der Waals surface area contributed by atoms with E-state index in [9.17, 15) is 0 Å². The van der Waals surface area contributed by atoms with E-state index in [0.29, 0.717) is 0 Å². The molecule has 0 rings (SSSR count). The predicted octanol–water partition coefficient (Wildman–Crippen LogP) is 13.3. The van der Waals surface area contributed by atoms with E-state index in [1.807, 2.05) is 0 Å². The molecular formula is C36H74. The van der Waals surface area contributed by atoms with Crippen LogP contribution in [0.5, 0.6) is 0 Å². The van der Waals surface area contributed by atoms with Crippen LogP contribution in [0, 0.1) is 41.4 Å². The van der Waals surface area contributed by atoms with E-state index in [0.717, 1.165) is 41.4 Å². The summed E-state index contributed by atoms with van der Waals surface area (Å²) in [6, 6.07) is 0. The summed E-state index contributed by atoms with van der Waals surface area (Å²) in [6.45, 7) is 21.8. The van der Waals surface area contributed by atoms with Gasteiger partial charge in [-0.25, -0.2) is 0 Å². The number of hydrogen-bond acceptors (Lipinski definition) is 0. The molecule has 0 heteroatoms. The van der Waals surface area contributed by atoms with Crippen molar-refractivity contribution in [3.8, 4) is 0 Å². The zero-order valence-corrected chi connectivity index (χ0v) is 27.2. The molecule has 36 heavy (non-hydrogen) atoms. The summed E-state index contributed by atoms with van der Waals surface area (Å²) in [5.74, 6) is 6.73. The average molecular weight is 507 g/mol. The topological polar surface area (TPSA) is 0 Å². The fourth-order valence-electron chi connectivity index (χ4n) is 6.57. The molecule has 0 amide bonds. The van der Waals surface area contributed by atoms with Crippen molar-refractivity contribution >= 4 is 0 Å². The molecule has 218 valence electrons. The Labute approximate surface area is 232 Å². The van der Waals surface area contributed by atoms with Gasteiger partial charge in [-0.05, 0) is 41.4 Å². The lowest BCUT2D eigenvalue weighted by Gasteiger charge is -2.26. The van der Waals surface area contributed by atoms with Gasteiger partial charge in [0.05, 0.1) is 0 Å². The van der Waals surface area contributed by atoms with E-state index in [4.69, 9.17) is 0 Å². The first-order chi connectivity index (χ1) is 17.4. The standard InChI is InChI=1S/C36H74/c1-10-30(9)18-19-33(15-6)24-27-36(28-25-34(16-7)22-20-31(11-2)12-3)29-26-35(17-8)23-21-32(13-4)14-5/h30-36H,10-29H2,1-9H3. The summed E-state index contributed by atoms with van der Waals surface area (Å²) in [4.78, 5) is 0. The SMILES string of the molecule is CCC(C)CCC(CC)CCC(CCC(CC)CCC(CC)CC)CCC(CC)CCC(CC)CC. The monoisotopic (exact) mass is 507 g/mol. The van der Waals surface area contributed by atoms with Crippen LogP contribution >= 0.6 is 0 Å². The first kappa shape index (κ1) is 36.0. The van der Waals surface area contributed by atoms with Crippen molar-refractivity contribution in [2.24, 2.45) is 41.4 Å². The molecule has 0 nitrogen and oxygen atoms in total. The fourth-order valence-corrected chi connectivity index (χ4v) is 6.57. The Morgan fingerprint density at radius 1 is 0.250 bits per heavy atom. The van der Waals surface area contributed by atoms with Gasteiger partial charge in [-0.2, -0.15) is 0 Å². The molecule has 0 aliphatic carbocycles. The maximum absolute atomic E-state index is 2.46. The lowest BCUT2D eigenvalue weighted by atomic mass is 9.80. The lowest BCUT2D eigenvalue weighted by Crippen LogP contribution is -2.12. The Hall–Kier alpha value is 0. The van der Waals surface area contributed by atoms with E-state index in [1.165, 1.54) is 128 Å². The molecule has 4 atom stereocenters. The molecule has 0 fully saturated rings. The van der Waals surface area contributed by atoms with Crippen LogP contribution < -0.4 is 0 Å². The smallest absolute Gasteiger partial charge is 0.0414 e. The molecule has 4 unspecified atom stereocenters. The number of hydrogen-bond donors (Lipinski definition) is 0. The van der Waals surface area contributed by atoms with Crippen molar-refractivity contribution in [3.63, 3.8) is 0 Å². The lowest BCUT2D eigenvalue weighted by molar-refractivity contribution is 0.265. The van der Waals surface area contributed by atoms with Crippen molar-refractivity contribution in [2.75, 3.05) is 0 Å². The molecule has 0 aromatic heterocycles. The Kier molecular flexibility index (Phi) is 24.1. The predicted molar refractivity (Wildman–Crippen MR) is 168 cm³/mol. The van der Waals surface area contributed by atoms with Gasteiger partial charge in [-0.3, -0.25) is 0 Å².